The molecule has 1 heterocycles. The molecule has 0 aromatic carbocycles. The average molecular weight is 294 g/mol. The van der Waals surface area contributed by atoms with Gasteiger partial charge in [0.05, 0.1) is 5.69 Å². The maximum absolute atomic E-state index is 5.93. The van der Waals surface area contributed by atoms with E-state index >= 15 is 0 Å². The summed E-state index contributed by atoms with van der Waals surface area (Å²) in [5.41, 5.74) is 6.18. The van der Waals surface area contributed by atoms with Crippen LogP contribution < -0.4 is 15.8 Å². The zero-order chi connectivity index (χ0) is 16.0. The summed E-state index contributed by atoms with van der Waals surface area (Å²) < 4.78 is 5.79. The Morgan fingerprint density at radius 3 is 2.43 bits per heavy atom. The molecule has 3 N–H and O–H groups in total. The number of nitrogen functional groups attached to an aromatic ring is 1. The van der Waals surface area contributed by atoms with E-state index in [1.54, 1.807) is 0 Å². The second kappa shape index (κ2) is 7.50. The Labute approximate surface area is 128 Å². The first-order chi connectivity index (χ1) is 9.75. The normalized spacial score (nSPS) is 13.3. The van der Waals surface area contributed by atoms with E-state index in [0.29, 0.717) is 17.6 Å². The molecule has 0 amide bonds. The lowest BCUT2D eigenvalue weighted by molar-refractivity contribution is 0.125. The van der Waals surface area contributed by atoms with Crippen molar-refractivity contribution in [3.8, 4) is 5.88 Å². The first-order valence-corrected chi connectivity index (χ1v) is 7.69. The van der Waals surface area contributed by atoms with Crippen molar-refractivity contribution in [1.29, 1.82) is 0 Å². The minimum absolute atomic E-state index is 0.309. The van der Waals surface area contributed by atoms with Gasteiger partial charge >= 0.3 is 0 Å². The molecule has 1 aromatic rings. The van der Waals surface area contributed by atoms with Gasteiger partial charge in [-0.1, -0.05) is 13.8 Å². The molecule has 0 fully saturated rings. The first-order valence-electron chi connectivity index (χ1n) is 7.69. The van der Waals surface area contributed by atoms with E-state index in [1.165, 1.54) is 0 Å². The van der Waals surface area contributed by atoms with Gasteiger partial charge in [-0.3, -0.25) is 0 Å². The van der Waals surface area contributed by atoms with E-state index in [-0.39, 0.29) is 5.60 Å². The van der Waals surface area contributed by atoms with Crippen LogP contribution in [0.25, 0.3) is 0 Å². The van der Waals surface area contributed by atoms with Crippen LogP contribution in [0.4, 0.5) is 11.5 Å². The van der Waals surface area contributed by atoms with Crippen molar-refractivity contribution in [2.45, 2.75) is 53.2 Å². The van der Waals surface area contributed by atoms with Crippen molar-refractivity contribution in [3.05, 3.63) is 12.1 Å². The predicted octanol–water partition coefficient (Wildman–Crippen LogP) is 2.98. The lowest BCUT2D eigenvalue weighted by Crippen LogP contribution is -2.35. The molecule has 0 aliphatic carbocycles. The summed E-state index contributed by atoms with van der Waals surface area (Å²) in [6.07, 6.45) is 0. The number of pyridine rings is 1. The third-order valence-corrected chi connectivity index (χ3v) is 3.11. The molecule has 5 heteroatoms. The minimum atomic E-state index is -0.313. The van der Waals surface area contributed by atoms with Gasteiger partial charge < -0.3 is 20.7 Å². The van der Waals surface area contributed by atoms with Crippen molar-refractivity contribution in [2.75, 3.05) is 30.7 Å². The van der Waals surface area contributed by atoms with Crippen molar-refractivity contribution in [3.63, 3.8) is 0 Å². The molecule has 21 heavy (non-hydrogen) atoms. The Bertz CT molecular complexity index is 438. The molecule has 0 aliphatic rings. The van der Waals surface area contributed by atoms with Crippen molar-refractivity contribution in [1.82, 2.24) is 9.88 Å². The van der Waals surface area contributed by atoms with Gasteiger partial charge in [0.2, 0.25) is 5.88 Å². The molecular weight excluding hydrogens is 264 g/mol. The second-order valence-electron chi connectivity index (χ2n) is 6.34. The summed E-state index contributed by atoms with van der Waals surface area (Å²) in [5.74, 6) is 1.28. The van der Waals surface area contributed by atoms with Gasteiger partial charge in [0.15, 0.2) is 0 Å². The number of likely N-dealkylation sites (N-methyl/N-ethyl adjacent to an activating group) is 1. The van der Waals surface area contributed by atoms with E-state index < -0.39 is 0 Å². The largest absolute Gasteiger partial charge is 0.470 e. The molecule has 5 nitrogen and oxygen atoms in total. The molecular formula is C16H30N4O. The van der Waals surface area contributed by atoms with Gasteiger partial charge in [0.1, 0.15) is 11.4 Å². The van der Waals surface area contributed by atoms with E-state index in [2.05, 4.69) is 36.0 Å². The van der Waals surface area contributed by atoms with Crippen LogP contribution in [0.2, 0.25) is 0 Å². The number of hydrogen-bond acceptors (Lipinski definition) is 5. The van der Waals surface area contributed by atoms with E-state index in [0.717, 1.165) is 25.5 Å². The third-order valence-electron chi connectivity index (χ3n) is 3.11. The zero-order valence-electron chi connectivity index (χ0n) is 14.2. The molecule has 0 saturated carbocycles. The average Bonchev–Trinajstić information content (AvgIpc) is 2.38. The third kappa shape index (κ3) is 6.21. The summed E-state index contributed by atoms with van der Waals surface area (Å²) in [6, 6.07) is 4.04. The number of nitrogens with two attached hydrogens (primary N) is 1. The summed E-state index contributed by atoms with van der Waals surface area (Å²) >= 11 is 0. The number of hydrogen-bond donors (Lipinski definition) is 2. The number of nitrogens with zero attached hydrogens (tertiary/aromatic N) is 2. The van der Waals surface area contributed by atoms with Crippen LogP contribution in [0.15, 0.2) is 12.1 Å². The molecule has 0 saturated heterocycles. The quantitative estimate of drug-likeness (QED) is 0.809. The van der Waals surface area contributed by atoms with E-state index in [9.17, 15) is 0 Å². The van der Waals surface area contributed by atoms with Crippen LogP contribution in [-0.2, 0) is 0 Å². The van der Waals surface area contributed by atoms with Crippen LogP contribution in [0.5, 0.6) is 5.88 Å². The topological polar surface area (TPSA) is 63.4 Å². The maximum atomic E-state index is 5.93. The Morgan fingerprint density at radius 2 is 1.90 bits per heavy atom. The van der Waals surface area contributed by atoms with Crippen molar-refractivity contribution >= 4 is 11.5 Å². The van der Waals surface area contributed by atoms with E-state index in [1.807, 2.05) is 32.9 Å². The fourth-order valence-corrected chi connectivity index (χ4v) is 2.07. The highest BCUT2D eigenvalue weighted by atomic mass is 16.5. The van der Waals surface area contributed by atoms with Crippen molar-refractivity contribution in [2.24, 2.45) is 0 Å². The molecule has 1 rings (SSSR count). The summed E-state index contributed by atoms with van der Waals surface area (Å²) in [4.78, 5) is 6.86. The van der Waals surface area contributed by atoms with Crippen LogP contribution in [-0.4, -0.2) is 41.2 Å². The predicted molar refractivity (Wildman–Crippen MR) is 89.9 cm³/mol. The highest BCUT2D eigenvalue weighted by Gasteiger charge is 2.16. The maximum Gasteiger partial charge on any atom is 0.239 e. The molecule has 0 aliphatic heterocycles. The van der Waals surface area contributed by atoms with Gasteiger partial charge in [0, 0.05) is 12.6 Å². The van der Waals surface area contributed by atoms with Crippen molar-refractivity contribution < 1.29 is 4.74 Å². The highest BCUT2D eigenvalue weighted by Crippen LogP contribution is 2.25. The minimum Gasteiger partial charge on any atom is -0.470 e. The lowest BCUT2D eigenvalue weighted by atomic mass is 10.2. The second-order valence-corrected chi connectivity index (χ2v) is 6.34. The molecule has 120 valence electrons. The number of ether oxygens (including phenoxy) is 1. The van der Waals surface area contributed by atoms with Gasteiger partial charge in [0.25, 0.3) is 0 Å². The summed E-state index contributed by atoms with van der Waals surface area (Å²) in [6.45, 7) is 15.5. The number of nitrogens with one attached hydrogen (secondary N) is 1. The van der Waals surface area contributed by atoms with Crippen LogP contribution in [0.1, 0.15) is 41.5 Å². The van der Waals surface area contributed by atoms with Crippen LogP contribution >= 0.6 is 0 Å². The SMILES string of the molecule is CCN(CC)CC(C)Nc1ccc(N)c(OC(C)(C)C)n1. The number of aromatic nitrogens is 1. The van der Waals surface area contributed by atoms with Gasteiger partial charge in [-0.05, 0) is 52.9 Å². The Kier molecular flexibility index (Phi) is 6.27. The van der Waals surface area contributed by atoms with Gasteiger partial charge in [-0.15, -0.1) is 0 Å². The molecule has 1 unspecified atom stereocenters. The number of anilines is 2. The fourth-order valence-electron chi connectivity index (χ4n) is 2.07. The Balaban J connectivity index is 2.73. The fraction of sp³-hybridized carbons (Fsp3) is 0.688. The van der Waals surface area contributed by atoms with E-state index in [4.69, 9.17) is 10.5 Å². The van der Waals surface area contributed by atoms with Gasteiger partial charge in [-0.25, -0.2) is 0 Å². The molecule has 1 atom stereocenters. The van der Waals surface area contributed by atoms with Gasteiger partial charge in [-0.2, -0.15) is 4.98 Å². The Hall–Kier alpha value is -1.49. The number of rotatable bonds is 7. The summed E-state index contributed by atoms with van der Waals surface area (Å²) in [5, 5.41) is 3.41. The smallest absolute Gasteiger partial charge is 0.239 e. The van der Waals surface area contributed by atoms with Crippen LogP contribution in [0, 0.1) is 0 Å². The molecule has 0 radical (unpaired) electrons. The Morgan fingerprint density at radius 1 is 1.29 bits per heavy atom. The standard InChI is InChI=1S/C16H30N4O/c1-7-20(8-2)11-12(3)18-14-10-9-13(17)15(19-14)21-16(4,5)6/h9-10,12H,7-8,11,17H2,1-6H3,(H,18,19). The van der Waals surface area contributed by atoms with Crippen LogP contribution in [0.3, 0.4) is 0 Å². The molecule has 0 spiro atoms. The molecule has 1 aromatic heterocycles. The monoisotopic (exact) mass is 294 g/mol. The first kappa shape index (κ1) is 17.6. The highest BCUT2D eigenvalue weighted by molar-refractivity contribution is 5.54. The summed E-state index contributed by atoms with van der Waals surface area (Å²) in [7, 11) is 0. The zero-order valence-corrected chi connectivity index (χ0v) is 14.2. The molecule has 0 bridgehead atoms. The lowest BCUT2D eigenvalue weighted by Gasteiger charge is -2.25.